The molecule has 1 fully saturated rings. The van der Waals surface area contributed by atoms with E-state index in [0.29, 0.717) is 25.9 Å². The maximum absolute atomic E-state index is 11.8. The standard InChI is InChI=1S/C11H19NO4/c1-8(15-2)10(13)12-6-4-9(5-7-12)11(14)16-3/h8-9H,4-7H2,1-3H3. The van der Waals surface area contributed by atoms with Gasteiger partial charge in [0.15, 0.2) is 0 Å². The SMILES string of the molecule is COC(=O)C1CCN(C(=O)C(C)OC)CC1. The van der Waals surface area contributed by atoms with E-state index in [1.165, 1.54) is 14.2 Å². The van der Waals surface area contributed by atoms with Crippen LogP contribution in [-0.4, -0.2) is 50.2 Å². The molecule has 1 aliphatic rings. The first-order valence-electron chi connectivity index (χ1n) is 5.49. The van der Waals surface area contributed by atoms with Gasteiger partial charge in [-0.25, -0.2) is 0 Å². The van der Waals surface area contributed by atoms with Gasteiger partial charge >= 0.3 is 5.97 Å². The Morgan fingerprint density at radius 2 is 1.81 bits per heavy atom. The lowest BCUT2D eigenvalue weighted by Crippen LogP contribution is -2.44. The molecular formula is C11H19NO4. The minimum atomic E-state index is -0.408. The molecule has 1 aliphatic heterocycles. The summed E-state index contributed by atoms with van der Waals surface area (Å²) < 4.78 is 9.66. The van der Waals surface area contributed by atoms with Gasteiger partial charge in [-0.1, -0.05) is 0 Å². The van der Waals surface area contributed by atoms with Crippen molar-refractivity contribution in [3.8, 4) is 0 Å². The summed E-state index contributed by atoms with van der Waals surface area (Å²) in [7, 11) is 2.91. The summed E-state index contributed by atoms with van der Waals surface area (Å²) >= 11 is 0. The minimum absolute atomic E-state index is 0.00850. The highest BCUT2D eigenvalue weighted by atomic mass is 16.5. The number of nitrogens with zero attached hydrogens (tertiary/aromatic N) is 1. The largest absolute Gasteiger partial charge is 0.469 e. The third-order valence-electron chi connectivity index (χ3n) is 3.04. The van der Waals surface area contributed by atoms with Crippen LogP contribution in [0, 0.1) is 5.92 Å². The van der Waals surface area contributed by atoms with E-state index in [1.807, 2.05) is 0 Å². The molecule has 0 N–H and O–H groups in total. The minimum Gasteiger partial charge on any atom is -0.469 e. The predicted molar refractivity (Wildman–Crippen MR) is 57.8 cm³/mol. The molecule has 1 rings (SSSR count). The van der Waals surface area contributed by atoms with Crippen LogP contribution in [0.5, 0.6) is 0 Å². The Morgan fingerprint density at radius 1 is 1.25 bits per heavy atom. The molecule has 0 aromatic rings. The average Bonchev–Trinajstić information content (AvgIpc) is 2.36. The molecule has 5 nitrogen and oxygen atoms in total. The molecule has 1 unspecified atom stereocenters. The highest BCUT2D eigenvalue weighted by Gasteiger charge is 2.29. The number of carbonyl (C=O) groups excluding carboxylic acids is 2. The smallest absolute Gasteiger partial charge is 0.308 e. The Kier molecular flexibility index (Phi) is 4.73. The molecule has 0 aliphatic carbocycles. The number of amides is 1. The molecule has 0 bridgehead atoms. The van der Waals surface area contributed by atoms with E-state index in [-0.39, 0.29) is 17.8 Å². The van der Waals surface area contributed by atoms with Crippen molar-refractivity contribution in [3.63, 3.8) is 0 Å². The maximum Gasteiger partial charge on any atom is 0.308 e. The van der Waals surface area contributed by atoms with Gasteiger partial charge in [-0.2, -0.15) is 0 Å². The van der Waals surface area contributed by atoms with Gasteiger partial charge in [0.25, 0.3) is 5.91 Å². The Balaban J connectivity index is 2.43. The van der Waals surface area contributed by atoms with Crippen molar-refractivity contribution in [1.29, 1.82) is 0 Å². The van der Waals surface area contributed by atoms with Gasteiger partial charge in [0.2, 0.25) is 0 Å². The number of rotatable bonds is 3. The summed E-state index contributed by atoms with van der Waals surface area (Å²) in [5, 5.41) is 0. The van der Waals surface area contributed by atoms with Crippen LogP contribution in [-0.2, 0) is 19.1 Å². The lowest BCUT2D eigenvalue weighted by Gasteiger charge is -2.32. The van der Waals surface area contributed by atoms with Crippen molar-refractivity contribution in [2.24, 2.45) is 5.92 Å². The first-order chi connectivity index (χ1) is 7.60. The number of esters is 1. The molecule has 0 aromatic heterocycles. The van der Waals surface area contributed by atoms with Gasteiger partial charge < -0.3 is 14.4 Å². The van der Waals surface area contributed by atoms with Crippen molar-refractivity contribution in [2.45, 2.75) is 25.9 Å². The van der Waals surface area contributed by atoms with E-state index >= 15 is 0 Å². The molecule has 1 saturated heterocycles. The molecule has 1 amide bonds. The van der Waals surface area contributed by atoms with Crippen LogP contribution < -0.4 is 0 Å². The number of hydrogen-bond acceptors (Lipinski definition) is 4. The first-order valence-corrected chi connectivity index (χ1v) is 5.49. The Hall–Kier alpha value is -1.10. The lowest BCUT2D eigenvalue weighted by atomic mass is 9.97. The average molecular weight is 229 g/mol. The molecule has 5 heteroatoms. The van der Waals surface area contributed by atoms with E-state index in [2.05, 4.69) is 4.74 Å². The number of ether oxygens (including phenoxy) is 2. The van der Waals surface area contributed by atoms with Crippen molar-refractivity contribution in [2.75, 3.05) is 27.3 Å². The van der Waals surface area contributed by atoms with E-state index in [1.54, 1.807) is 11.8 Å². The fourth-order valence-corrected chi connectivity index (χ4v) is 1.86. The predicted octanol–water partition coefficient (Wildman–Crippen LogP) is 0.433. The van der Waals surface area contributed by atoms with Crippen molar-refractivity contribution in [3.05, 3.63) is 0 Å². The van der Waals surface area contributed by atoms with Gasteiger partial charge in [-0.3, -0.25) is 9.59 Å². The van der Waals surface area contributed by atoms with Gasteiger partial charge in [0.1, 0.15) is 6.10 Å². The number of likely N-dealkylation sites (tertiary alicyclic amines) is 1. The number of methoxy groups -OCH3 is 2. The second-order valence-electron chi connectivity index (χ2n) is 4.00. The second kappa shape index (κ2) is 5.84. The summed E-state index contributed by atoms with van der Waals surface area (Å²) in [4.78, 5) is 24.8. The number of hydrogen-bond donors (Lipinski definition) is 0. The Morgan fingerprint density at radius 3 is 2.25 bits per heavy atom. The Labute approximate surface area is 95.7 Å². The van der Waals surface area contributed by atoms with Gasteiger partial charge in [0, 0.05) is 20.2 Å². The van der Waals surface area contributed by atoms with Gasteiger partial charge in [-0.05, 0) is 19.8 Å². The normalized spacial score (nSPS) is 19.3. The fraction of sp³-hybridized carbons (Fsp3) is 0.818. The zero-order chi connectivity index (χ0) is 12.1. The molecule has 0 spiro atoms. The van der Waals surface area contributed by atoms with Gasteiger partial charge in [-0.15, -0.1) is 0 Å². The monoisotopic (exact) mass is 229 g/mol. The molecule has 1 heterocycles. The zero-order valence-electron chi connectivity index (χ0n) is 10.1. The summed E-state index contributed by atoms with van der Waals surface area (Å²) in [5.41, 5.74) is 0. The van der Waals surface area contributed by atoms with Gasteiger partial charge in [0.05, 0.1) is 13.0 Å². The topological polar surface area (TPSA) is 55.8 Å². The van der Waals surface area contributed by atoms with Crippen LogP contribution in [0.3, 0.4) is 0 Å². The molecule has 16 heavy (non-hydrogen) atoms. The quantitative estimate of drug-likeness (QED) is 0.659. The second-order valence-corrected chi connectivity index (χ2v) is 4.00. The lowest BCUT2D eigenvalue weighted by molar-refractivity contribution is -0.151. The molecular weight excluding hydrogens is 210 g/mol. The van der Waals surface area contributed by atoms with Crippen LogP contribution in [0.15, 0.2) is 0 Å². The fourth-order valence-electron chi connectivity index (χ4n) is 1.86. The highest BCUT2D eigenvalue weighted by Crippen LogP contribution is 2.19. The maximum atomic E-state index is 11.8. The number of piperidine rings is 1. The summed E-state index contributed by atoms with van der Waals surface area (Å²) in [6, 6.07) is 0. The molecule has 92 valence electrons. The number of carbonyl (C=O) groups is 2. The molecule has 0 aromatic carbocycles. The van der Waals surface area contributed by atoms with Crippen molar-refractivity contribution in [1.82, 2.24) is 4.90 Å². The van der Waals surface area contributed by atoms with Crippen LogP contribution in [0.4, 0.5) is 0 Å². The van der Waals surface area contributed by atoms with Crippen molar-refractivity contribution < 1.29 is 19.1 Å². The van der Waals surface area contributed by atoms with Crippen LogP contribution in [0.25, 0.3) is 0 Å². The highest BCUT2D eigenvalue weighted by molar-refractivity contribution is 5.81. The summed E-state index contributed by atoms with van der Waals surface area (Å²) in [6.07, 6.45) is 0.943. The molecule has 1 atom stereocenters. The van der Waals surface area contributed by atoms with E-state index in [9.17, 15) is 9.59 Å². The van der Waals surface area contributed by atoms with Crippen LogP contribution in [0.2, 0.25) is 0 Å². The molecule has 0 radical (unpaired) electrons. The first kappa shape index (κ1) is 13.0. The zero-order valence-corrected chi connectivity index (χ0v) is 10.1. The van der Waals surface area contributed by atoms with Crippen LogP contribution >= 0.6 is 0 Å². The van der Waals surface area contributed by atoms with E-state index in [4.69, 9.17) is 4.74 Å². The Bertz CT molecular complexity index is 259. The summed E-state index contributed by atoms with van der Waals surface area (Å²) in [5.74, 6) is -0.246. The third-order valence-corrected chi connectivity index (χ3v) is 3.04. The van der Waals surface area contributed by atoms with E-state index < -0.39 is 6.10 Å². The van der Waals surface area contributed by atoms with Crippen LogP contribution in [0.1, 0.15) is 19.8 Å². The molecule has 0 saturated carbocycles. The summed E-state index contributed by atoms with van der Waals surface area (Å²) in [6.45, 7) is 2.94. The van der Waals surface area contributed by atoms with Crippen molar-refractivity contribution >= 4 is 11.9 Å². The van der Waals surface area contributed by atoms with E-state index in [0.717, 1.165) is 0 Å². The third kappa shape index (κ3) is 2.95.